The molecule has 2 atom stereocenters. The third-order valence-corrected chi connectivity index (χ3v) is 6.83. The third-order valence-electron chi connectivity index (χ3n) is 6.83. The standard InChI is InChI=1S/C22H31N3O4/c1-17-20(27)24(12-11-23-10-9-22(7-8-22)19(26)15-23)13-14-25(17)21(28)29-16-18-5-3-2-4-6-18/h2-6,17,19,26H,7-16H2,1H3. The van der Waals surface area contributed by atoms with E-state index in [4.69, 9.17) is 4.74 Å². The maximum atomic E-state index is 12.8. The van der Waals surface area contributed by atoms with Crippen LogP contribution in [0.25, 0.3) is 0 Å². The van der Waals surface area contributed by atoms with Crippen molar-refractivity contribution in [3.05, 3.63) is 35.9 Å². The zero-order valence-corrected chi connectivity index (χ0v) is 17.1. The van der Waals surface area contributed by atoms with E-state index in [2.05, 4.69) is 4.90 Å². The molecule has 1 aliphatic carbocycles. The van der Waals surface area contributed by atoms with Crippen LogP contribution in [-0.4, -0.2) is 83.2 Å². The highest BCUT2D eigenvalue weighted by Crippen LogP contribution is 2.53. The van der Waals surface area contributed by atoms with Gasteiger partial charge in [-0.1, -0.05) is 30.3 Å². The van der Waals surface area contributed by atoms with Crippen molar-refractivity contribution in [2.24, 2.45) is 5.41 Å². The first-order chi connectivity index (χ1) is 14.0. The van der Waals surface area contributed by atoms with Gasteiger partial charge >= 0.3 is 6.09 Å². The summed E-state index contributed by atoms with van der Waals surface area (Å²) >= 11 is 0. The molecule has 0 radical (unpaired) electrons. The molecule has 2 amide bonds. The molecule has 29 heavy (non-hydrogen) atoms. The molecule has 0 aromatic heterocycles. The SMILES string of the molecule is CC1C(=O)N(CCN2CCC3(CC3)C(O)C2)CCN1C(=O)OCc1ccccc1. The number of β-amino-alcohol motifs (C(OH)–C–C–N with tert-alkyl or cyclic N) is 1. The van der Waals surface area contributed by atoms with Gasteiger partial charge in [0, 0.05) is 32.7 Å². The molecule has 1 saturated carbocycles. The first-order valence-electron chi connectivity index (χ1n) is 10.6. The van der Waals surface area contributed by atoms with Gasteiger partial charge in [-0.05, 0) is 43.7 Å². The van der Waals surface area contributed by atoms with E-state index in [0.717, 1.165) is 37.9 Å². The van der Waals surface area contributed by atoms with Crippen molar-refractivity contribution in [1.29, 1.82) is 0 Å². The summed E-state index contributed by atoms with van der Waals surface area (Å²) in [6, 6.07) is 9.01. The summed E-state index contributed by atoms with van der Waals surface area (Å²) in [5.74, 6) is -0.0378. The highest BCUT2D eigenvalue weighted by atomic mass is 16.6. The molecule has 1 spiro atoms. The lowest BCUT2D eigenvalue weighted by Gasteiger charge is -2.40. The second kappa shape index (κ2) is 8.32. The number of benzene rings is 1. The van der Waals surface area contributed by atoms with Crippen molar-refractivity contribution in [2.75, 3.05) is 39.3 Å². The fourth-order valence-electron chi connectivity index (χ4n) is 4.49. The number of aliphatic hydroxyl groups excluding tert-OH is 1. The van der Waals surface area contributed by atoms with Gasteiger partial charge in [0.2, 0.25) is 5.91 Å². The maximum absolute atomic E-state index is 12.8. The van der Waals surface area contributed by atoms with E-state index in [-0.39, 0.29) is 24.0 Å². The van der Waals surface area contributed by atoms with Crippen molar-refractivity contribution in [3.8, 4) is 0 Å². The number of hydrogen-bond donors (Lipinski definition) is 1. The predicted molar refractivity (Wildman–Crippen MR) is 108 cm³/mol. The lowest BCUT2D eigenvalue weighted by atomic mass is 9.90. The normalized spacial score (nSPS) is 26.6. The highest BCUT2D eigenvalue weighted by Gasteiger charge is 2.51. The van der Waals surface area contributed by atoms with Crippen molar-refractivity contribution >= 4 is 12.0 Å². The Balaban J connectivity index is 1.23. The molecule has 1 aromatic rings. The second-order valence-electron chi connectivity index (χ2n) is 8.66. The molecule has 4 rings (SSSR count). The molecule has 158 valence electrons. The molecular formula is C22H31N3O4. The molecule has 2 heterocycles. The number of rotatable bonds is 5. The summed E-state index contributed by atoms with van der Waals surface area (Å²) in [7, 11) is 0. The van der Waals surface area contributed by atoms with E-state index in [1.807, 2.05) is 35.2 Å². The Labute approximate surface area is 172 Å². The van der Waals surface area contributed by atoms with E-state index < -0.39 is 12.1 Å². The number of amides is 2. The lowest BCUT2D eigenvalue weighted by Crippen LogP contribution is -2.59. The van der Waals surface area contributed by atoms with E-state index in [1.165, 1.54) is 4.90 Å². The minimum atomic E-state index is -0.520. The molecule has 1 aromatic carbocycles. The largest absolute Gasteiger partial charge is 0.445 e. The van der Waals surface area contributed by atoms with Gasteiger partial charge in [0.1, 0.15) is 12.6 Å². The number of piperidine rings is 1. The van der Waals surface area contributed by atoms with Crippen molar-refractivity contribution in [3.63, 3.8) is 0 Å². The van der Waals surface area contributed by atoms with E-state index in [9.17, 15) is 14.7 Å². The molecule has 0 bridgehead atoms. The summed E-state index contributed by atoms with van der Waals surface area (Å²) in [4.78, 5) is 30.8. The topological polar surface area (TPSA) is 73.3 Å². The number of ether oxygens (including phenoxy) is 1. The Hall–Kier alpha value is -2.12. The Kier molecular flexibility index (Phi) is 5.79. The number of nitrogens with zero attached hydrogens (tertiary/aromatic N) is 3. The van der Waals surface area contributed by atoms with Crippen molar-refractivity contribution < 1.29 is 19.4 Å². The van der Waals surface area contributed by atoms with Gasteiger partial charge < -0.3 is 14.7 Å². The number of aliphatic hydroxyl groups is 1. The van der Waals surface area contributed by atoms with E-state index >= 15 is 0 Å². The fourth-order valence-corrected chi connectivity index (χ4v) is 4.49. The summed E-state index contributed by atoms with van der Waals surface area (Å²) < 4.78 is 5.39. The van der Waals surface area contributed by atoms with Crippen molar-refractivity contribution in [2.45, 2.75) is 44.9 Å². The van der Waals surface area contributed by atoms with Crippen LogP contribution in [0.5, 0.6) is 0 Å². The summed E-state index contributed by atoms with van der Waals surface area (Å²) in [6.45, 7) is 6.07. The summed E-state index contributed by atoms with van der Waals surface area (Å²) in [5, 5.41) is 10.3. The minimum Gasteiger partial charge on any atom is -0.445 e. The summed E-state index contributed by atoms with van der Waals surface area (Å²) in [6.07, 6.45) is 2.69. The Bertz CT molecular complexity index is 737. The predicted octanol–water partition coefficient (Wildman–Crippen LogP) is 1.70. The molecule has 2 aliphatic heterocycles. The van der Waals surface area contributed by atoms with Gasteiger partial charge in [0.15, 0.2) is 0 Å². The second-order valence-corrected chi connectivity index (χ2v) is 8.66. The van der Waals surface area contributed by atoms with Gasteiger partial charge in [-0.3, -0.25) is 14.6 Å². The number of likely N-dealkylation sites (tertiary alicyclic amines) is 1. The molecule has 3 fully saturated rings. The van der Waals surface area contributed by atoms with Crippen LogP contribution in [0, 0.1) is 5.41 Å². The van der Waals surface area contributed by atoms with Gasteiger partial charge in [-0.15, -0.1) is 0 Å². The third kappa shape index (κ3) is 4.41. The van der Waals surface area contributed by atoms with Crippen LogP contribution in [0.4, 0.5) is 4.79 Å². The zero-order chi connectivity index (χ0) is 20.4. The van der Waals surface area contributed by atoms with Crippen LogP contribution < -0.4 is 0 Å². The smallest absolute Gasteiger partial charge is 0.410 e. The molecule has 3 aliphatic rings. The fraction of sp³-hybridized carbons (Fsp3) is 0.636. The van der Waals surface area contributed by atoms with E-state index in [1.54, 1.807) is 6.92 Å². The van der Waals surface area contributed by atoms with Crippen LogP contribution in [0.2, 0.25) is 0 Å². The van der Waals surface area contributed by atoms with Crippen LogP contribution in [-0.2, 0) is 16.1 Å². The summed E-state index contributed by atoms with van der Waals surface area (Å²) in [5.41, 5.74) is 1.13. The molecule has 7 heteroatoms. The first kappa shape index (κ1) is 20.2. The van der Waals surface area contributed by atoms with Gasteiger partial charge in [0.05, 0.1) is 6.10 Å². The van der Waals surface area contributed by atoms with Crippen molar-refractivity contribution in [1.82, 2.24) is 14.7 Å². The zero-order valence-electron chi connectivity index (χ0n) is 17.1. The molecule has 7 nitrogen and oxygen atoms in total. The Morgan fingerprint density at radius 2 is 1.90 bits per heavy atom. The highest BCUT2D eigenvalue weighted by molar-refractivity contribution is 5.86. The average molecular weight is 402 g/mol. The van der Waals surface area contributed by atoms with Gasteiger partial charge in [-0.2, -0.15) is 0 Å². The number of hydrogen-bond acceptors (Lipinski definition) is 5. The quantitative estimate of drug-likeness (QED) is 0.813. The lowest BCUT2D eigenvalue weighted by molar-refractivity contribution is -0.140. The van der Waals surface area contributed by atoms with Crippen LogP contribution in [0.1, 0.15) is 31.7 Å². The first-order valence-corrected chi connectivity index (χ1v) is 10.6. The Morgan fingerprint density at radius 3 is 2.59 bits per heavy atom. The number of piperazine rings is 1. The van der Waals surface area contributed by atoms with Crippen LogP contribution in [0.15, 0.2) is 30.3 Å². The monoisotopic (exact) mass is 401 g/mol. The Morgan fingerprint density at radius 1 is 1.14 bits per heavy atom. The number of carbonyl (C=O) groups excluding carboxylic acids is 2. The van der Waals surface area contributed by atoms with E-state index in [0.29, 0.717) is 26.2 Å². The average Bonchev–Trinajstić information content (AvgIpc) is 3.51. The number of carbonyl (C=O) groups is 2. The molecular weight excluding hydrogens is 370 g/mol. The van der Waals surface area contributed by atoms with Gasteiger partial charge in [0.25, 0.3) is 0 Å². The minimum absolute atomic E-state index is 0.0378. The molecule has 2 unspecified atom stereocenters. The maximum Gasteiger partial charge on any atom is 0.410 e. The van der Waals surface area contributed by atoms with Crippen LogP contribution in [0.3, 0.4) is 0 Å². The molecule has 1 N–H and O–H groups in total. The van der Waals surface area contributed by atoms with Crippen LogP contribution >= 0.6 is 0 Å². The molecule has 2 saturated heterocycles. The van der Waals surface area contributed by atoms with Gasteiger partial charge in [-0.25, -0.2) is 4.79 Å².